The lowest BCUT2D eigenvalue weighted by Crippen LogP contribution is -2.28. The molecule has 0 aliphatic heterocycles. The van der Waals surface area contributed by atoms with Crippen molar-refractivity contribution in [1.29, 1.82) is 0 Å². The molecule has 0 aliphatic rings. The van der Waals surface area contributed by atoms with Crippen molar-refractivity contribution in [2.75, 3.05) is 13.7 Å². The molecule has 0 spiro atoms. The molecular formula is C16H16ClNO3. The molecule has 110 valence electrons. The molecule has 0 saturated carbocycles. The van der Waals surface area contributed by atoms with Gasteiger partial charge in [-0.3, -0.25) is 4.79 Å². The van der Waals surface area contributed by atoms with Gasteiger partial charge in [0, 0.05) is 17.1 Å². The second kappa shape index (κ2) is 7.55. The van der Waals surface area contributed by atoms with Gasteiger partial charge in [0.05, 0.1) is 7.11 Å². The third-order valence-corrected chi connectivity index (χ3v) is 3.07. The van der Waals surface area contributed by atoms with Crippen LogP contribution >= 0.6 is 11.6 Å². The number of para-hydroxylation sites is 1. The molecule has 0 bridgehead atoms. The van der Waals surface area contributed by atoms with E-state index in [9.17, 15) is 4.79 Å². The maximum Gasteiger partial charge on any atom is 0.258 e. The molecule has 5 heteroatoms. The molecule has 1 amide bonds. The second-order valence-corrected chi connectivity index (χ2v) is 4.77. The van der Waals surface area contributed by atoms with Crippen LogP contribution in [0.1, 0.15) is 5.56 Å². The number of ether oxygens (including phenoxy) is 2. The first-order valence-electron chi connectivity index (χ1n) is 6.46. The van der Waals surface area contributed by atoms with Crippen LogP contribution in [0, 0.1) is 0 Å². The third-order valence-electron chi connectivity index (χ3n) is 2.83. The summed E-state index contributed by atoms with van der Waals surface area (Å²) < 4.78 is 10.6. The van der Waals surface area contributed by atoms with Gasteiger partial charge in [-0.1, -0.05) is 29.8 Å². The molecule has 0 aliphatic carbocycles. The molecule has 0 saturated heterocycles. The highest BCUT2D eigenvalue weighted by Crippen LogP contribution is 2.22. The van der Waals surface area contributed by atoms with Crippen LogP contribution in [0.5, 0.6) is 11.5 Å². The van der Waals surface area contributed by atoms with Gasteiger partial charge < -0.3 is 14.8 Å². The summed E-state index contributed by atoms with van der Waals surface area (Å²) >= 11 is 5.94. The van der Waals surface area contributed by atoms with Crippen molar-refractivity contribution in [2.24, 2.45) is 0 Å². The molecule has 2 rings (SSSR count). The van der Waals surface area contributed by atoms with E-state index in [1.807, 2.05) is 18.2 Å². The summed E-state index contributed by atoms with van der Waals surface area (Å²) in [6.07, 6.45) is 0. The van der Waals surface area contributed by atoms with E-state index in [1.165, 1.54) is 0 Å². The molecule has 0 atom stereocenters. The number of benzene rings is 2. The molecule has 0 unspecified atom stereocenters. The lowest BCUT2D eigenvalue weighted by atomic mass is 10.2. The van der Waals surface area contributed by atoms with Crippen LogP contribution < -0.4 is 14.8 Å². The van der Waals surface area contributed by atoms with Crippen LogP contribution in [-0.4, -0.2) is 19.6 Å². The molecule has 0 aromatic heterocycles. The van der Waals surface area contributed by atoms with Crippen LogP contribution in [0.4, 0.5) is 0 Å². The van der Waals surface area contributed by atoms with Gasteiger partial charge in [0.15, 0.2) is 6.61 Å². The zero-order chi connectivity index (χ0) is 15.1. The molecular weight excluding hydrogens is 290 g/mol. The van der Waals surface area contributed by atoms with Crippen molar-refractivity contribution in [2.45, 2.75) is 6.54 Å². The van der Waals surface area contributed by atoms with Crippen LogP contribution in [0.3, 0.4) is 0 Å². The minimum atomic E-state index is -0.208. The number of carbonyl (C=O) groups is 1. The number of hydrogen-bond acceptors (Lipinski definition) is 3. The minimum Gasteiger partial charge on any atom is -0.496 e. The first-order valence-corrected chi connectivity index (χ1v) is 6.84. The first-order chi connectivity index (χ1) is 10.2. The Hall–Kier alpha value is -2.20. The van der Waals surface area contributed by atoms with Gasteiger partial charge >= 0.3 is 0 Å². The Morgan fingerprint density at radius 3 is 2.67 bits per heavy atom. The predicted molar refractivity (Wildman–Crippen MR) is 81.8 cm³/mol. The smallest absolute Gasteiger partial charge is 0.258 e. The number of halogens is 1. The van der Waals surface area contributed by atoms with Crippen molar-refractivity contribution in [3.05, 3.63) is 59.1 Å². The molecule has 0 fully saturated rings. The van der Waals surface area contributed by atoms with Gasteiger partial charge in [-0.2, -0.15) is 0 Å². The van der Waals surface area contributed by atoms with Gasteiger partial charge in [0.25, 0.3) is 5.91 Å². The lowest BCUT2D eigenvalue weighted by Gasteiger charge is -2.11. The number of hydrogen-bond donors (Lipinski definition) is 1. The van der Waals surface area contributed by atoms with E-state index >= 15 is 0 Å². The summed E-state index contributed by atoms with van der Waals surface area (Å²) in [7, 11) is 1.58. The highest BCUT2D eigenvalue weighted by atomic mass is 35.5. The largest absolute Gasteiger partial charge is 0.496 e. The van der Waals surface area contributed by atoms with Crippen molar-refractivity contribution < 1.29 is 14.3 Å². The van der Waals surface area contributed by atoms with E-state index in [-0.39, 0.29) is 12.5 Å². The van der Waals surface area contributed by atoms with Gasteiger partial charge in [-0.15, -0.1) is 0 Å². The van der Waals surface area contributed by atoms with Crippen molar-refractivity contribution in [1.82, 2.24) is 5.32 Å². The molecule has 0 radical (unpaired) electrons. The van der Waals surface area contributed by atoms with Crippen LogP contribution in [0.25, 0.3) is 0 Å². The quantitative estimate of drug-likeness (QED) is 0.892. The lowest BCUT2D eigenvalue weighted by molar-refractivity contribution is -0.123. The summed E-state index contributed by atoms with van der Waals surface area (Å²) in [5, 5.41) is 3.37. The summed E-state index contributed by atoms with van der Waals surface area (Å²) in [6.45, 7) is 0.299. The maximum absolute atomic E-state index is 11.8. The molecule has 21 heavy (non-hydrogen) atoms. The molecule has 4 nitrogen and oxygen atoms in total. The average Bonchev–Trinajstić information content (AvgIpc) is 2.52. The van der Waals surface area contributed by atoms with E-state index in [0.717, 1.165) is 5.56 Å². The van der Waals surface area contributed by atoms with Crippen LogP contribution in [0.15, 0.2) is 48.5 Å². The third kappa shape index (κ3) is 4.68. The number of carbonyl (C=O) groups excluding carboxylic acids is 1. The van der Waals surface area contributed by atoms with Crippen molar-refractivity contribution >= 4 is 17.5 Å². The highest BCUT2D eigenvalue weighted by Gasteiger charge is 2.07. The minimum absolute atomic E-state index is 0.0348. The van der Waals surface area contributed by atoms with Crippen molar-refractivity contribution in [3.63, 3.8) is 0 Å². The summed E-state index contributed by atoms with van der Waals surface area (Å²) in [4.78, 5) is 11.8. The summed E-state index contributed by atoms with van der Waals surface area (Å²) in [5.74, 6) is 1.14. The van der Waals surface area contributed by atoms with E-state index < -0.39 is 0 Å². The molecule has 2 aromatic rings. The van der Waals surface area contributed by atoms with Crippen molar-refractivity contribution in [3.8, 4) is 11.5 Å². The normalized spacial score (nSPS) is 10.0. The Morgan fingerprint density at radius 1 is 1.19 bits per heavy atom. The van der Waals surface area contributed by atoms with Gasteiger partial charge in [0.1, 0.15) is 11.5 Å². The first kappa shape index (κ1) is 15.2. The van der Waals surface area contributed by atoms with Gasteiger partial charge in [-0.25, -0.2) is 0 Å². The summed E-state index contributed by atoms with van der Waals surface area (Å²) in [5.41, 5.74) is 0.818. The average molecular weight is 306 g/mol. The molecule has 2 aromatic carbocycles. The molecule has 0 heterocycles. The second-order valence-electron chi connectivity index (χ2n) is 4.33. The number of nitrogens with one attached hydrogen (secondary N) is 1. The van der Waals surface area contributed by atoms with Gasteiger partial charge in [-0.05, 0) is 30.3 Å². The van der Waals surface area contributed by atoms with Crippen LogP contribution in [-0.2, 0) is 11.3 Å². The van der Waals surface area contributed by atoms with E-state index in [2.05, 4.69) is 5.32 Å². The predicted octanol–water partition coefficient (Wildman–Crippen LogP) is 3.04. The monoisotopic (exact) mass is 305 g/mol. The standard InChI is InChI=1S/C16H16ClNO3/c1-20-15-8-7-13(17)9-12(15)10-18-16(19)11-21-14-5-3-2-4-6-14/h2-9H,10-11H2,1H3,(H,18,19). The number of rotatable bonds is 6. The number of methoxy groups -OCH3 is 1. The zero-order valence-electron chi connectivity index (χ0n) is 11.6. The van der Waals surface area contributed by atoms with E-state index in [1.54, 1.807) is 37.4 Å². The Bertz CT molecular complexity index is 602. The fourth-order valence-corrected chi connectivity index (χ4v) is 1.99. The summed E-state index contributed by atoms with van der Waals surface area (Å²) in [6, 6.07) is 14.5. The van der Waals surface area contributed by atoms with E-state index in [0.29, 0.717) is 23.1 Å². The molecule has 1 N–H and O–H groups in total. The maximum atomic E-state index is 11.8. The Morgan fingerprint density at radius 2 is 1.95 bits per heavy atom. The SMILES string of the molecule is COc1ccc(Cl)cc1CNC(=O)COc1ccccc1. The van der Waals surface area contributed by atoms with Crippen LogP contribution in [0.2, 0.25) is 5.02 Å². The number of amides is 1. The highest BCUT2D eigenvalue weighted by molar-refractivity contribution is 6.30. The Kier molecular flexibility index (Phi) is 5.46. The van der Waals surface area contributed by atoms with E-state index in [4.69, 9.17) is 21.1 Å². The Balaban J connectivity index is 1.85. The van der Waals surface area contributed by atoms with Gasteiger partial charge in [0.2, 0.25) is 0 Å². The fourth-order valence-electron chi connectivity index (χ4n) is 1.80. The fraction of sp³-hybridized carbons (Fsp3) is 0.188. The topological polar surface area (TPSA) is 47.6 Å². The Labute approximate surface area is 128 Å². The zero-order valence-corrected chi connectivity index (χ0v) is 12.4.